The number of primary amides is 1. The molecule has 0 aromatic heterocycles. The van der Waals surface area contributed by atoms with Gasteiger partial charge in [-0.05, 0) is 12.1 Å². The van der Waals surface area contributed by atoms with E-state index in [9.17, 15) is 14.9 Å². The molecule has 0 atom stereocenters. The molecule has 1 aromatic carbocycles. The predicted molar refractivity (Wildman–Crippen MR) is 60.3 cm³/mol. The maximum absolute atomic E-state index is 10.9. The van der Waals surface area contributed by atoms with Gasteiger partial charge in [-0.2, -0.15) is 0 Å². The molecule has 0 spiro atoms. The SMILES string of the molecule is C=CCNc1cc(C(N)=O)ccc1[N+](=O)[O-]. The lowest BCUT2D eigenvalue weighted by Gasteiger charge is -2.05. The number of nitrogens with one attached hydrogen (secondary N) is 1. The quantitative estimate of drug-likeness (QED) is 0.444. The van der Waals surface area contributed by atoms with Crippen LogP contribution in [0.3, 0.4) is 0 Å². The molecule has 84 valence electrons. The van der Waals surface area contributed by atoms with Crippen LogP contribution in [0.25, 0.3) is 0 Å². The summed E-state index contributed by atoms with van der Waals surface area (Å²) < 4.78 is 0. The standard InChI is InChI=1S/C10H11N3O3/c1-2-5-12-8-6-7(10(11)14)3-4-9(8)13(15)16/h2-4,6,12H,1,5H2,(H2,11,14). The Kier molecular flexibility index (Phi) is 3.60. The van der Waals surface area contributed by atoms with E-state index in [0.29, 0.717) is 6.54 Å². The summed E-state index contributed by atoms with van der Waals surface area (Å²) in [5, 5.41) is 13.5. The van der Waals surface area contributed by atoms with E-state index >= 15 is 0 Å². The fraction of sp³-hybridized carbons (Fsp3) is 0.100. The molecular weight excluding hydrogens is 210 g/mol. The van der Waals surface area contributed by atoms with E-state index in [1.807, 2.05) is 0 Å². The minimum Gasteiger partial charge on any atom is -0.376 e. The average Bonchev–Trinajstić information content (AvgIpc) is 2.25. The van der Waals surface area contributed by atoms with Crippen molar-refractivity contribution in [1.82, 2.24) is 0 Å². The van der Waals surface area contributed by atoms with Crippen molar-refractivity contribution in [2.75, 3.05) is 11.9 Å². The Balaban J connectivity index is 3.15. The fourth-order valence-electron chi connectivity index (χ4n) is 1.17. The molecule has 6 heteroatoms. The number of nitrogens with two attached hydrogens (primary N) is 1. The Bertz CT molecular complexity index is 443. The summed E-state index contributed by atoms with van der Waals surface area (Å²) in [6, 6.07) is 3.91. The van der Waals surface area contributed by atoms with Gasteiger partial charge >= 0.3 is 0 Å². The van der Waals surface area contributed by atoms with Gasteiger partial charge in [-0.1, -0.05) is 6.08 Å². The number of nitrogens with zero attached hydrogens (tertiary/aromatic N) is 1. The van der Waals surface area contributed by atoms with Crippen LogP contribution < -0.4 is 11.1 Å². The molecular formula is C10H11N3O3. The van der Waals surface area contributed by atoms with Crippen molar-refractivity contribution in [3.05, 3.63) is 46.5 Å². The number of carbonyl (C=O) groups excluding carboxylic acids is 1. The second kappa shape index (κ2) is 4.92. The molecule has 16 heavy (non-hydrogen) atoms. The monoisotopic (exact) mass is 221 g/mol. The average molecular weight is 221 g/mol. The predicted octanol–water partition coefficient (Wildman–Crippen LogP) is 1.29. The Labute approximate surface area is 91.9 Å². The van der Waals surface area contributed by atoms with E-state index in [4.69, 9.17) is 5.73 Å². The topological polar surface area (TPSA) is 98.3 Å². The van der Waals surface area contributed by atoms with Crippen molar-refractivity contribution < 1.29 is 9.72 Å². The van der Waals surface area contributed by atoms with Crippen molar-refractivity contribution in [2.24, 2.45) is 5.73 Å². The van der Waals surface area contributed by atoms with Crippen molar-refractivity contribution >= 4 is 17.3 Å². The summed E-state index contributed by atoms with van der Waals surface area (Å²) in [5.41, 5.74) is 5.45. The zero-order chi connectivity index (χ0) is 12.1. The lowest BCUT2D eigenvalue weighted by molar-refractivity contribution is -0.384. The lowest BCUT2D eigenvalue weighted by atomic mass is 10.1. The fourth-order valence-corrected chi connectivity index (χ4v) is 1.17. The first kappa shape index (κ1) is 11.7. The maximum Gasteiger partial charge on any atom is 0.292 e. The molecule has 0 aliphatic heterocycles. The lowest BCUT2D eigenvalue weighted by Crippen LogP contribution is -2.12. The van der Waals surface area contributed by atoms with Gasteiger partial charge in [-0.25, -0.2) is 0 Å². The van der Waals surface area contributed by atoms with Gasteiger partial charge in [0.05, 0.1) is 4.92 Å². The Morgan fingerprint density at radius 2 is 2.31 bits per heavy atom. The summed E-state index contributed by atoms with van der Waals surface area (Å²) >= 11 is 0. The highest BCUT2D eigenvalue weighted by Crippen LogP contribution is 2.25. The third kappa shape index (κ3) is 2.57. The first-order chi connectivity index (χ1) is 7.56. The number of hydrogen-bond donors (Lipinski definition) is 2. The van der Waals surface area contributed by atoms with E-state index in [1.165, 1.54) is 18.2 Å². The number of anilines is 1. The second-order valence-electron chi connectivity index (χ2n) is 3.02. The first-order valence-electron chi connectivity index (χ1n) is 4.49. The van der Waals surface area contributed by atoms with Gasteiger partial charge in [-0.3, -0.25) is 14.9 Å². The Morgan fingerprint density at radius 3 is 2.81 bits per heavy atom. The number of nitro benzene ring substituents is 1. The van der Waals surface area contributed by atoms with Crippen LogP contribution in [0.2, 0.25) is 0 Å². The summed E-state index contributed by atoms with van der Waals surface area (Å²) in [7, 11) is 0. The number of hydrogen-bond acceptors (Lipinski definition) is 4. The molecule has 0 aliphatic rings. The van der Waals surface area contributed by atoms with Gasteiger partial charge in [0.1, 0.15) is 5.69 Å². The summed E-state index contributed by atoms with van der Waals surface area (Å²) in [5.74, 6) is -0.628. The third-order valence-electron chi connectivity index (χ3n) is 1.91. The van der Waals surface area contributed by atoms with Gasteiger partial charge < -0.3 is 11.1 Å². The molecule has 0 saturated heterocycles. The molecule has 1 amide bonds. The molecule has 0 aliphatic carbocycles. The van der Waals surface area contributed by atoms with Crippen molar-refractivity contribution in [2.45, 2.75) is 0 Å². The van der Waals surface area contributed by atoms with E-state index in [-0.39, 0.29) is 16.9 Å². The molecule has 0 saturated carbocycles. The Morgan fingerprint density at radius 1 is 1.62 bits per heavy atom. The van der Waals surface area contributed by atoms with Gasteiger partial charge in [0.15, 0.2) is 0 Å². The van der Waals surface area contributed by atoms with E-state index in [1.54, 1.807) is 6.08 Å². The zero-order valence-corrected chi connectivity index (χ0v) is 8.47. The molecule has 0 unspecified atom stereocenters. The second-order valence-corrected chi connectivity index (χ2v) is 3.02. The van der Waals surface area contributed by atoms with E-state index in [2.05, 4.69) is 11.9 Å². The zero-order valence-electron chi connectivity index (χ0n) is 8.47. The van der Waals surface area contributed by atoms with Crippen molar-refractivity contribution in [1.29, 1.82) is 0 Å². The van der Waals surface area contributed by atoms with Crippen LogP contribution in [0.15, 0.2) is 30.9 Å². The van der Waals surface area contributed by atoms with Crippen LogP contribution in [-0.2, 0) is 0 Å². The highest BCUT2D eigenvalue weighted by Gasteiger charge is 2.14. The number of nitro groups is 1. The van der Waals surface area contributed by atoms with Crippen molar-refractivity contribution in [3.63, 3.8) is 0 Å². The number of benzene rings is 1. The van der Waals surface area contributed by atoms with Gasteiger partial charge in [0, 0.05) is 18.2 Å². The minimum atomic E-state index is -0.628. The highest BCUT2D eigenvalue weighted by atomic mass is 16.6. The van der Waals surface area contributed by atoms with Crippen molar-refractivity contribution in [3.8, 4) is 0 Å². The van der Waals surface area contributed by atoms with Crippen LogP contribution in [-0.4, -0.2) is 17.4 Å². The van der Waals surface area contributed by atoms with Crippen LogP contribution in [0.1, 0.15) is 10.4 Å². The highest BCUT2D eigenvalue weighted by molar-refractivity contribution is 5.94. The van der Waals surface area contributed by atoms with Gasteiger partial charge in [0.25, 0.3) is 5.69 Å². The number of rotatable bonds is 5. The molecule has 0 heterocycles. The molecule has 0 radical (unpaired) electrons. The van der Waals surface area contributed by atoms with Gasteiger partial charge in [-0.15, -0.1) is 6.58 Å². The molecule has 1 rings (SSSR count). The summed E-state index contributed by atoms with van der Waals surface area (Å²) in [6.07, 6.45) is 1.56. The largest absolute Gasteiger partial charge is 0.376 e. The molecule has 3 N–H and O–H groups in total. The normalized spacial score (nSPS) is 9.50. The van der Waals surface area contributed by atoms with Crippen LogP contribution in [0.5, 0.6) is 0 Å². The van der Waals surface area contributed by atoms with Gasteiger partial charge in [0.2, 0.25) is 5.91 Å². The molecule has 6 nitrogen and oxygen atoms in total. The summed E-state index contributed by atoms with van der Waals surface area (Å²) in [6.45, 7) is 3.85. The molecule has 0 fully saturated rings. The van der Waals surface area contributed by atoms with Crippen LogP contribution in [0.4, 0.5) is 11.4 Å². The molecule has 0 bridgehead atoms. The summed E-state index contributed by atoms with van der Waals surface area (Å²) in [4.78, 5) is 21.1. The smallest absolute Gasteiger partial charge is 0.292 e. The molecule has 1 aromatic rings. The third-order valence-corrected chi connectivity index (χ3v) is 1.91. The number of carbonyl (C=O) groups is 1. The first-order valence-corrected chi connectivity index (χ1v) is 4.49. The Hall–Kier alpha value is -2.37. The number of amides is 1. The van der Waals surface area contributed by atoms with E-state index in [0.717, 1.165) is 0 Å². The minimum absolute atomic E-state index is 0.105. The maximum atomic E-state index is 10.9. The van der Waals surface area contributed by atoms with Crippen LogP contribution >= 0.6 is 0 Å². The van der Waals surface area contributed by atoms with E-state index < -0.39 is 10.8 Å². The van der Waals surface area contributed by atoms with Crippen LogP contribution in [0, 0.1) is 10.1 Å².